The monoisotopic (exact) mass is 246 g/mol. The Bertz CT molecular complexity index is 503. The van der Waals surface area contributed by atoms with E-state index < -0.39 is 10.0 Å². The van der Waals surface area contributed by atoms with Crippen LogP contribution in [0, 0.1) is 0 Å². The van der Waals surface area contributed by atoms with E-state index in [9.17, 15) is 8.42 Å². The van der Waals surface area contributed by atoms with E-state index in [4.69, 9.17) is 11.6 Å². The summed E-state index contributed by atoms with van der Waals surface area (Å²) in [6, 6.07) is -0.155. The van der Waals surface area contributed by atoms with Crippen molar-refractivity contribution in [3.63, 3.8) is 0 Å². The fourth-order valence-corrected chi connectivity index (χ4v) is 2.57. The lowest BCUT2D eigenvalue weighted by atomic mass is 10.1. The Kier molecular flexibility index (Phi) is 2.68. The SMILES string of the molecule is O=S(=O)(NCCl)C1=CC=C2N=NN=C2C1. The maximum Gasteiger partial charge on any atom is 0.238 e. The third kappa shape index (κ3) is 1.99. The van der Waals surface area contributed by atoms with Crippen LogP contribution in [0.25, 0.3) is 0 Å². The van der Waals surface area contributed by atoms with Crippen LogP contribution in [0.3, 0.4) is 0 Å². The van der Waals surface area contributed by atoms with Gasteiger partial charge in [0, 0.05) is 6.42 Å². The molecule has 80 valence electrons. The minimum Gasteiger partial charge on any atom is -0.207 e. The van der Waals surface area contributed by atoms with Crippen LogP contribution < -0.4 is 4.72 Å². The highest BCUT2D eigenvalue weighted by Crippen LogP contribution is 2.24. The summed E-state index contributed by atoms with van der Waals surface area (Å²) in [5, 5.41) is 10.9. The lowest BCUT2D eigenvalue weighted by molar-refractivity contribution is 0.592. The summed E-state index contributed by atoms with van der Waals surface area (Å²) in [7, 11) is -3.50. The van der Waals surface area contributed by atoms with Gasteiger partial charge in [0.2, 0.25) is 10.0 Å². The van der Waals surface area contributed by atoms with Gasteiger partial charge in [-0.3, -0.25) is 0 Å². The Balaban J connectivity index is 2.29. The quantitative estimate of drug-likeness (QED) is 0.597. The van der Waals surface area contributed by atoms with Crippen molar-refractivity contribution in [1.29, 1.82) is 0 Å². The molecule has 8 heteroatoms. The molecular formula is C7H7ClN4O2S. The standard InChI is InChI=1S/C7H7ClN4O2S/c8-4-9-15(13,14)5-1-2-6-7(3-5)11-12-10-6/h1-2,9H,3-4H2. The molecule has 0 bridgehead atoms. The second kappa shape index (κ2) is 3.84. The number of sulfonamides is 1. The van der Waals surface area contributed by atoms with Crippen molar-refractivity contribution in [1.82, 2.24) is 4.72 Å². The van der Waals surface area contributed by atoms with Gasteiger partial charge in [-0.1, -0.05) is 0 Å². The number of hydrogen-bond acceptors (Lipinski definition) is 5. The first-order valence-corrected chi connectivity index (χ1v) is 6.10. The molecule has 1 aliphatic heterocycles. The van der Waals surface area contributed by atoms with Gasteiger partial charge in [-0.25, -0.2) is 8.42 Å². The third-order valence-corrected chi connectivity index (χ3v) is 3.76. The summed E-state index contributed by atoms with van der Waals surface area (Å²) < 4.78 is 25.3. The first-order chi connectivity index (χ1) is 7.13. The third-order valence-electron chi connectivity index (χ3n) is 1.97. The maximum absolute atomic E-state index is 11.6. The first-order valence-electron chi connectivity index (χ1n) is 4.08. The summed E-state index contributed by atoms with van der Waals surface area (Å²) in [6.45, 7) is 0. The molecule has 0 aromatic heterocycles. The molecule has 1 heterocycles. The maximum atomic E-state index is 11.6. The van der Waals surface area contributed by atoms with Crippen molar-refractivity contribution in [2.24, 2.45) is 15.4 Å². The topological polar surface area (TPSA) is 83.2 Å². The molecule has 0 aromatic rings. The molecule has 0 saturated heterocycles. The summed E-state index contributed by atoms with van der Waals surface area (Å²) >= 11 is 5.32. The zero-order valence-corrected chi connectivity index (χ0v) is 9.09. The van der Waals surface area contributed by atoms with E-state index in [1.165, 1.54) is 6.08 Å². The summed E-state index contributed by atoms with van der Waals surface area (Å²) in [5.74, 6) is 0. The normalized spacial score (nSPS) is 19.4. The lowest BCUT2D eigenvalue weighted by Crippen LogP contribution is -2.25. The van der Waals surface area contributed by atoms with E-state index in [2.05, 4.69) is 20.2 Å². The number of halogens is 1. The van der Waals surface area contributed by atoms with Gasteiger partial charge in [-0.05, 0) is 17.4 Å². The molecule has 0 amide bonds. The lowest BCUT2D eigenvalue weighted by Gasteiger charge is -2.11. The highest BCUT2D eigenvalue weighted by atomic mass is 35.5. The smallest absolute Gasteiger partial charge is 0.207 e. The minimum atomic E-state index is -3.50. The molecule has 0 atom stereocenters. The predicted octanol–water partition coefficient (Wildman–Crippen LogP) is 1.10. The minimum absolute atomic E-state index is 0.155. The van der Waals surface area contributed by atoms with Crippen LogP contribution in [-0.2, 0) is 10.0 Å². The number of allylic oxidation sites excluding steroid dienone is 4. The molecule has 0 spiro atoms. The number of rotatable bonds is 3. The molecule has 0 aromatic carbocycles. The molecule has 1 N–H and O–H groups in total. The van der Waals surface area contributed by atoms with E-state index >= 15 is 0 Å². The van der Waals surface area contributed by atoms with Gasteiger partial charge < -0.3 is 0 Å². The van der Waals surface area contributed by atoms with E-state index in [0.29, 0.717) is 11.4 Å². The Morgan fingerprint density at radius 2 is 2.27 bits per heavy atom. The van der Waals surface area contributed by atoms with Crippen molar-refractivity contribution in [3.8, 4) is 0 Å². The molecule has 15 heavy (non-hydrogen) atoms. The molecule has 2 aliphatic rings. The molecule has 1 aliphatic carbocycles. The second-order valence-corrected chi connectivity index (χ2v) is 4.97. The van der Waals surface area contributed by atoms with E-state index in [0.717, 1.165) is 0 Å². The van der Waals surface area contributed by atoms with Crippen molar-refractivity contribution < 1.29 is 8.42 Å². The molecule has 0 fully saturated rings. The Morgan fingerprint density at radius 1 is 1.47 bits per heavy atom. The number of hydrogen-bond donors (Lipinski definition) is 1. The number of nitrogens with zero attached hydrogens (tertiary/aromatic N) is 3. The van der Waals surface area contributed by atoms with E-state index in [-0.39, 0.29) is 17.3 Å². The zero-order valence-electron chi connectivity index (χ0n) is 7.51. The number of nitrogens with one attached hydrogen (secondary N) is 1. The largest absolute Gasteiger partial charge is 0.238 e. The summed E-state index contributed by atoms with van der Waals surface area (Å²) in [6.07, 6.45) is 3.25. The predicted molar refractivity (Wildman–Crippen MR) is 55.8 cm³/mol. The average Bonchev–Trinajstić information content (AvgIpc) is 2.63. The summed E-state index contributed by atoms with van der Waals surface area (Å²) in [4.78, 5) is 0.220. The number of alkyl halides is 1. The molecule has 6 nitrogen and oxygen atoms in total. The zero-order chi connectivity index (χ0) is 10.9. The van der Waals surface area contributed by atoms with Crippen molar-refractivity contribution in [3.05, 3.63) is 22.8 Å². The van der Waals surface area contributed by atoms with E-state index in [1.807, 2.05) is 0 Å². The fraction of sp³-hybridized carbons (Fsp3) is 0.286. The van der Waals surface area contributed by atoms with E-state index in [1.54, 1.807) is 6.08 Å². The van der Waals surface area contributed by atoms with Crippen LogP contribution in [0.1, 0.15) is 6.42 Å². The van der Waals surface area contributed by atoms with Crippen molar-refractivity contribution in [2.45, 2.75) is 6.42 Å². The van der Waals surface area contributed by atoms with Gasteiger partial charge >= 0.3 is 0 Å². The van der Waals surface area contributed by atoms with Gasteiger partial charge in [0.1, 0.15) is 5.70 Å². The van der Waals surface area contributed by atoms with Gasteiger partial charge in [0.25, 0.3) is 0 Å². The Labute approximate surface area is 91.5 Å². The molecule has 0 saturated carbocycles. The highest BCUT2D eigenvalue weighted by Gasteiger charge is 2.25. The van der Waals surface area contributed by atoms with Crippen LogP contribution in [0.5, 0.6) is 0 Å². The molecule has 0 radical (unpaired) electrons. The number of fused-ring (bicyclic) bond motifs is 1. The first kappa shape index (κ1) is 10.5. The molecule has 0 unspecified atom stereocenters. The van der Waals surface area contributed by atoms with Gasteiger partial charge in [-0.2, -0.15) is 4.72 Å². The fourth-order valence-electron chi connectivity index (χ4n) is 1.23. The molecule has 2 rings (SSSR count). The highest BCUT2D eigenvalue weighted by molar-refractivity contribution is 7.93. The van der Waals surface area contributed by atoms with Crippen LogP contribution >= 0.6 is 11.6 Å². The van der Waals surface area contributed by atoms with Crippen LogP contribution in [-0.4, -0.2) is 20.1 Å². The summed E-state index contributed by atoms with van der Waals surface area (Å²) in [5.41, 5.74) is 1.17. The Morgan fingerprint density at radius 3 is 3.00 bits per heavy atom. The van der Waals surface area contributed by atoms with Crippen molar-refractivity contribution >= 4 is 27.3 Å². The van der Waals surface area contributed by atoms with Gasteiger partial charge in [0.15, 0.2) is 0 Å². The average molecular weight is 247 g/mol. The van der Waals surface area contributed by atoms with Gasteiger partial charge in [-0.15, -0.1) is 21.8 Å². The Hall–Kier alpha value is -1.05. The van der Waals surface area contributed by atoms with Crippen LogP contribution in [0.2, 0.25) is 0 Å². The van der Waals surface area contributed by atoms with Crippen molar-refractivity contribution in [2.75, 3.05) is 6.00 Å². The van der Waals surface area contributed by atoms with Gasteiger partial charge in [0.05, 0.1) is 16.6 Å². The van der Waals surface area contributed by atoms with Crippen LogP contribution in [0.15, 0.2) is 38.2 Å². The second-order valence-electron chi connectivity index (χ2n) is 2.88. The van der Waals surface area contributed by atoms with Crippen LogP contribution in [0.4, 0.5) is 0 Å². The molecular weight excluding hydrogens is 240 g/mol.